The standard InChI is InChI=1S/C34H36ClN3O4S/c1-26(2)23-36-34(40)32(22-27-14-6-3-7-15-27)37(24-28-16-8-4-9-17-28)33(39)25-38(31-21-13-12-20-30(31)35)43(41,42)29-18-10-5-11-19-29/h3-21,26,32H,22-25H2,1-2H3,(H,36,40)/t32-/m1/s1. The highest BCUT2D eigenvalue weighted by atomic mass is 35.5. The van der Waals surface area contributed by atoms with Crippen LogP contribution in [0, 0.1) is 5.92 Å². The number of sulfonamides is 1. The van der Waals surface area contributed by atoms with Crippen LogP contribution in [0.2, 0.25) is 5.02 Å². The monoisotopic (exact) mass is 617 g/mol. The average Bonchev–Trinajstić information content (AvgIpc) is 3.02. The van der Waals surface area contributed by atoms with Crippen LogP contribution in [0.4, 0.5) is 5.69 Å². The van der Waals surface area contributed by atoms with Crippen molar-refractivity contribution in [2.24, 2.45) is 5.92 Å². The minimum absolute atomic E-state index is 0.0211. The van der Waals surface area contributed by atoms with Gasteiger partial charge < -0.3 is 10.2 Å². The molecule has 224 valence electrons. The van der Waals surface area contributed by atoms with Crippen LogP contribution in [0.15, 0.2) is 120 Å². The van der Waals surface area contributed by atoms with Crippen molar-refractivity contribution in [3.05, 3.63) is 131 Å². The smallest absolute Gasteiger partial charge is 0.264 e. The van der Waals surface area contributed by atoms with Gasteiger partial charge in [-0.2, -0.15) is 0 Å². The molecule has 43 heavy (non-hydrogen) atoms. The van der Waals surface area contributed by atoms with Gasteiger partial charge in [0, 0.05) is 19.5 Å². The molecule has 0 aliphatic carbocycles. The Morgan fingerprint density at radius 2 is 1.30 bits per heavy atom. The van der Waals surface area contributed by atoms with Crippen LogP contribution >= 0.6 is 11.6 Å². The van der Waals surface area contributed by atoms with Gasteiger partial charge in [-0.15, -0.1) is 0 Å². The number of carbonyl (C=O) groups excluding carboxylic acids is 2. The van der Waals surface area contributed by atoms with Crippen molar-refractivity contribution in [3.63, 3.8) is 0 Å². The Kier molecular flexibility index (Phi) is 11.0. The summed E-state index contributed by atoms with van der Waals surface area (Å²) in [5, 5.41) is 3.17. The molecule has 4 rings (SSSR count). The van der Waals surface area contributed by atoms with E-state index in [0.717, 1.165) is 15.4 Å². The quantitative estimate of drug-likeness (QED) is 0.201. The van der Waals surface area contributed by atoms with Crippen molar-refractivity contribution in [1.29, 1.82) is 0 Å². The van der Waals surface area contributed by atoms with Gasteiger partial charge >= 0.3 is 0 Å². The molecule has 2 amide bonds. The number of halogens is 1. The van der Waals surface area contributed by atoms with Crippen LogP contribution in [0.1, 0.15) is 25.0 Å². The number of carbonyl (C=O) groups is 2. The van der Waals surface area contributed by atoms with E-state index in [0.29, 0.717) is 6.54 Å². The van der Waals surface area contributed by atoms with Crippen LogP contribution in [-0.2, 0) is 32.6 Å². The lowest BCUT2D eigenvalue weighted by molar-refractivity contribution is -0.140. The zero-order valence-corrected chi connectivity index (χ0v) is 25.8. The van der Waals surface area contributed by atoms with Crippen molar-refractivity contribution in [3.8, 4) is 0 Å². The van der Waals surface area contributed by atoms with Gasteiger partial charge in [0.2, 0.25) is 11.8 Å². The van der Waals surface area contributed by atoms with Crippen molar-refractivity contribution >= 4 is 39.1 Å². The van der Waals surface area contributed by atoms with E-state index < -0.39 is 28.5 Å². The first-order valence-corrected chi connectivity index (χ1v) is 16.0. The van der Waals surface area contributed by atoms with Crippen LogP contribution in [0.25, 0.3) is 0 Å². The molecule has 0 fully saturated rings. The molecule has 9 heteroatoms. The Morgan fingerprint density at radius 3 is 1.88 bits per heavy atom. The lowest BCUT2D eigenvalue weighted by atomic mass is 10.0. The molecule has 0 saturated heterocycles. The summed E-state index contributed by atoms with van der Waals surface area (Å²) in [7, 11) is -4.20. The summed E-state index contributed by atoms with van der Waals surface area (Å²) in [5.41, 5.74) is 1.85. The molecule has 0 aromatic heterocycles. The lowest BCUT2D eigenvalue weighted by Gasteiger charge is -2.34. The molecule has 1 atom stereocenters. The molecule has 4 aromatic carbocycles. The molecular formula is C34H36ClN3O4S. The Morgan fingerprint density at radius 1 is 0.767 bits per heavy atom. The summed E-state index contributed by atoms with van der Waals surface area (Å²) >= 11 is 6.50. The number of rotatable bonds is 13. The summed E-state index contributed by atoms with van der Waals surface area (Å²) in [4.78, 5) is 29.6. The fourth-order valence-corrected chi connectivity index (χ4v) is 6.39. The zero-order chi connectivity index (χ0) is 30.8. The third-order valence-electron chi connectivity index (χ3n) is 6.88. The first-order chi connectivity index (χ1) is 20.7. The number of amides is 2. The first-order valence-electron chi connectivity index (χ1n) is 14.1. The minimum Gasteiger partial charge on any atom is -0.354 e. The Bertz CT molecular complexity index is 1600. The number of anilines is 1. The molecule has 0 aliphatic rings. The van der Waals surface area contributed by atoms with Gasteiger partial charge in [0.05, 0.1) is 15.6 Å². The summed E-state index contributed by atoms with van der Waals surface area (Å²) < 4.78 is 29.0. The van der Waals surface area contributed by atoms with Crippen LogP contribution in [0.3, 0.4) is 0 Å². The molecule has 0 heterocycles. The van der Waals surface area contributed by atoms with Crippen molar-refractivity contribution in [1.82, 2.24) is 10.2 Å². The highest BCUT2D eigenvalue weighted by Gasteiger charge is 2.35. The van der Waals surface area contributed by atoms with E-state index in [1.807, 2.05) is 74.5 Å². The van der Waals surface area contributed by atoms with E-state index >= 15 is 0 Å². The van der Waals surface area contributed by atoms with E-state index in [9.17, 15) is 18.0 Å². The maximum absolute atomic E-state index is 14.4. The van der Waals surface area contributed by atoms with Gasteiger partial charge in [-0.05, 0) is 41.3 Å². The normalized spacial score (nSPS) is 12.0. The summed E-state index contributed by atoms with van der Waals surface area (Å²) in [6.45, 7) is 3.97. The maximum atomic E-state index is 14.4. The third kappa shape index (κ3) is 8.46. The molecule has 4 aromatic rings. The van der Waals surface area contributed by atoms with E-state index in [1.54, 1.807) is 42.5 Å². The van der Waals surface area contributed by atoms with E-state index in [-0.39, 0.29) is 40.4 Å². The second-order valence-electron chi connectivity index (χ2n) is 10.6. The Hall–Kier alpha value is -4.14. The Labute approximate surface area is 259 Å². The van der Waals surface area contributed by atoms with E-state index in [1.165, 1.54) is 17.0 Å². The highest BCUT2D eigenvalue weighted by Crippen LogP contribution is 2.31. The van der Waals surface area contributed by atoms with Gasteiger partial charge in [-0.3, -0.25) is 13.9 Å². The van der Waals surface area contributed by atoms with Crippen molar-refractivity contribution in [2.75, 3.05) is 17.4 Å². The molecule has 7 nitrogen and oxygen atoms in total. The summed E-state index contributed by atoms with van der Waals surface area (Å²) in [6.07, 6.45) is 0.251. The predicted molar refractivity (Wildman–Crippen MR) is 171 cm³/mol. The fourth-order valence-electron chi connectivity index (χ4n) is 4.64. The van der Waals surface area contributed by atoms with E-state index in [4.69, 9.17) is 11.6 Å². The topological polar surface area (TPSA) is 86.8 Å². The van der Waals surface area contributed by atoms with Gasteiger partial charge in [0.1, 0.15) is 12.6 Å². The minimum atomic E-state index is -4.20. The van der Waals surface area contributed by atoms with Gasteiger partial charge in [0.25, 0.3) is 10.0 Å². The zero-order valence-electron chi connectivity index (χ0n) is 24.3. The number of para-hydroxylation sites is 1. The predicted octanol–water partition coefficient (Wildman–Crippen LogP) is 5.95. The second-order valence-corrected chi connectivity index (χ2v) is 12.9. The summed E-state index contributed by atoms with van der Waals surface area (Å²) in [6, 6.07) is 32.3. The fraction of sp³-hybridized carbons (Fsp3) is 0.235. The number of benzene rings is 4. The van der Waals surface area contributed by atoms with Crippen molar-refractivity contribution < 1.29 is 18.0 Å². The van der Waals surface area contributed by atoms with Crippen LogP contribution < -0.4 is 9.62 Å². The third-order valence-corrected chi connectivity index (χ3v) is 8.98. The lowest BCUT2D eigenvalue weighted by Crippen LogP contribution is -2.53. The molecule has 0 spiro atoms. The maximum Gasteiger partial charge on any atom is 0.264 e. The second kappa shape index (κ2) is 14.8. The molecule has 0 bridgehead atoms. The first kappa shape index (κ1) is 31.8. The van der Waals surface area contributed by atoms with E-state index in [2.05, 4.69) is 5.32 Å². The summed E-state index contributed by atoms with van der Waals surface area (Å²) in [5.74, 6) is -0.646. The largest absolute Gasteiger partial charge is 0.354 e. The number of nitrogens with zero attached hydrogens (tertiary/aromatic N) is 2. The van der Waals surface area contributed by atoms with Gasteiger partial charge in [-0.25, -0.2) is 8.42 Å². The SMILES string of the molecule is CC(C)CNC(=O)[C@@H](Cc1ccccc1)N(Cc1ccccc1)C(=O)CN(c1ccccc1Cl)S(=O)(=O)c1ccccc1. The molecular weight excluding hydrogens is 582 g/mol. The average molecular weight is 618 g/mol. The van der Waals surface area contributed by atoms with Crippen molar-refractivity contribution in [2.45, 2.75) is 37.8 Å². The molecule has 0 unspecified atom stereocenters. The number of nitrogens with one attached hydrogen (secondary N) is 1. The van der Waals surface area contributed by atoms with Crippen LogP contribution in [0.5, 0.6) is 0 Å². The molecule has 0 saturated carbocycles. The number of hydrogen-bond donors (Lipinski definition) is 1. The highest BCUT2D eigenvalue weighted by molar-refractivity contribution is 7.92. The Balaban J connectivity index is 1.78. The molecule has 0 radical (unpaired) electrons. The number of hydrogen-bond acceptors (Lipinski definition) is 4. The van der Waals surface area contributed by atoms with Gasteiger partial charge in [0.15, 0.2) is 0 Å². The van der Waals surface area contributed by atoms with Gasteiger partial charge in [-0.1, -0.05) is 116 Å². The molecule has 1 N–H and O–H groups in total. The van der Waals surface area contributed by atoms with Crippen LogP contribution in [-0.4, -0.2) is 44.3 Å². The molecule has 0 aliphatic heterocycles.